The van der Waals surface area contributed by atoms with Crippen LogP contribution in [0.5, 0.6) is 0 Å². The first kappa shape index (κ1) is 12.3. The van der Waals surface area contributed by atoms with Crippen LogP contribution in [-0.4, -0.2) is 9.97 Å². The molecule has 1 atom stereocenters. The maximum atomic E-state index is 4.74. The zero-order valence-corrected chi connectivity index (χ0v) is 12.0. The molecule has 21 heavy (non-hydrogen) atoms. The van der Waals surface area contributed by atoms with E-state index in [0.717, 1.165) is 28.8 Å². The van der Waals surface area contributed by atoms with Crippen molar-refractivity contribution < 1.29 is 0 Å². The van der Waals surface area contributed by atoms with Crippen molar-refractivity contribution in [3.8, 4) is 0 Å². The molecule has 0 saturated carbocycles. The third-order valence-corrected chi connectivity index (χ3v) is 4.06. The van der Waals surface area contributed by atoms with Crippen molar-refractivity contribution in [3.05, 3.63) is 70.5 Å². The predicted molar refractivity (Wildman–Crippen MR) is 86.3 cm³/mol. The molecule has 0 saturated heterocycles. The lowest BCUT2D eigenvalue weighted by molar-refractivity contribution is 0.863. The summed E-state index contributed by atoms with van der Waals surface area (Å²) >= 11 is 0. The molecule has 0 radical (unpaired) electrons. The van der Waals surface area contributed by atoms with Gasteiger partial charge >= 0.3 is 0 Å². The molecular weight excluding hydrogens is 256 g/mol. The van der Waals surface area contributed by atoms with Crippen molar-refractivity contribution in [2.75, 3.05) is 0 Å². The van der Waals surface area contributed by atoms with Crippen LogP contribution in [0.1, 0.15) is 23.9 Å². The second kappa shape index (κ2) is 4.81. The Labute approximate surface area is 123 Å². The minimum absolute atomic E-state index is 0.325. The Hall–Kier alpha value is -2.48. The largest absolute Gasteiger partial charge is 0.237 e. The maximum Gasteiger partial charge on any atom is 0.126 e. The van der Waals surface area contributed by atoms with Crippen LogP contribution in [0.25, 0.3) is 23.1 Å². The monoisotopic (exact) mass is 272 g/mol. The van der Waals surface area contributed by atoms with Crippen molar-refractivity contribution in [3.63, 3.8) is 0 Å². The summed E-state index contributed by atoms with van der Waals surface area (Å²) in [6, 6.07) is 16.8. The third-order valence-electron chi connectivity index (χ3n) is 4.06. The zero-order chi connectivity index (χ0) is 14.2. The molecule has 1 aliphatic carbocycles. The van der Waals surface area contributed by atoms with Crippen molar-refractivity contribution in [1.82, 2.24) is 9.97 Å². The second-order valence-corrected chi connectivity index (χ2v) is 5.52. The van der Waals surface area contributed by atoms with Gasteiger partial charge in [0.1, 0.15) is 5.82 Å². The summed E-state index contributed by atoms with van der Waals surface area (Å²) < 4.78 is 0. The smallest absolute Gasteiger partial charge is 0.126 e. The number of aromatic nitrogens is 2. The average molecular weight is 272 g/mol. The molecular formula is C19H16N2. The first-order valence-electron chi connectivity index (χ1n) is 7.31. The van der Waals surface area contributed by atoms with Crippen LogP contribution >= 0.6 is 0 Å². The molecule has 2 nitrogen and oxygen atoms in total. The Kier molecular flexibility index (Phi) is 2.81. The zero-order valence-electron chi connectivity index (χ0n) is 12.0. The standard InChI is InChI=1S/C19H16N2/c1-13-20-18-9-5-4-8-17(18)19(21-13)16-11-10-14-6-2-3-7-15(14)12-16/h2-10,12,16H,11H2,1H3. The van der Waals surface area contributed by atoms with E-state index in [9.17, 15) is 0 Å². The van der Waals surface area contributed by atoms with Crippen LogP contribution in [0.3, 0.4) is 0 Å². The fourth-order valence-electron chi connectivity index (χ4n) is 3.08. The highest BCUT2D eigenvalue weighted by Gasteiger charge is 2.16. The van der Waals surface area contributed by atoms with Gasteiger partial charge in [-0.15, -0.1) is 0 Å². The molecule has 1 heterocycles. The Bertz CT molecular complexity index is 941. The van der Waals surface area contributed by atoms with E-state index in [1.54, 1.807) is 0 Å². The minimum atomic E-state index is 0.325. The van der Waals surface area contributed by atoms with Crippen molar-refractivity contribution in [2.24, 2.45) is 0 Å². The molecule has 0 fully saturated rings. The average Bonchev–Trinajstić information content (AvgIpc) is 2.53. The molecule has 0 N–H and O–H groups in total. The normalized spacial score (nSPS) is 16.9. The van der Waals surface area contributed by atoms with Crippen LogP contribution in [0.4, 0.5) is 0 Å². The van der Waals surface area contributed by atoms with Crippen LogP contribution < -0.4 is 10.4 Å². The molecule has 0 bridgehead atoms. The van der Waals surface area contributed by atoms with E-state index >= 15 is 0 Å². The van der Waals surface area contributed by atoms with Crippen molar-refractivity contribution in [2.45, 2.75) is 19.3 Å². The summed E-state index contributed by atoms with van der Waals surface area (Å²) in [6.45, 7) is 1.97. The topological polar surface area (TPSA) is 25.8 Å². The van der Waals surface area contributed by atoms with Crippen LogP contribution in [0, 0.1) is 6.92 Å². The van der Waals surface area contributed by atoms with Gasteiger partial charge in [0.2, 0.25) is 0 Å². The first-order valence-corrected chi connectivity index (χ1v) is 7.31. The van der Waals surface area contributed by atoms with Gasteiger partial charge in [-0.3, -0.25) is 0 Å². The highest BCUT2D eigenvalue weighted by molar-refractivity contribution is 5.82. The third kappa shape index (κ3) is 2.13. The minimum Gasteiger partial charge on any atom is -0.237 e. The van der Waals surface area contributed by atoms with E-state index in [0.29, 0.717) is 5.92 Å². The molecule has 102 valence electrons. The molecule has 2 heteroatoms. The van der Waals surface area contributed by atoms with Gasteiger partial charge in [-0.2, -0.15) is 0 Å². The summed E-state index contributed by atoms with van der Waals surface area (Å²) in [7, 11) is 0. The quantitative estimate of drug-likeness (QED) is 0.680. The molecule has 3 aromatic rings. The van der Waals surface area contributed by atoms with E-state index in [-0.39, 0.29) is 0 Å². The number of aryl methyl sites for hydroxylation is 1. The van der Waals surface area contributed by atoms with Crippen LogP contribution in [0.15, 0.2) is 48.5 Å². The summed E-state index contributed by atoms with van der Waals surface area (Å²) in [5.41, 5.74) is 2.18. The van der Waals surface area contributed by atoms with E-state index in [1.807, 2.05) is 13.0 Å². The van der Waals surface area contributed by atoms with Gasteiger partial charge < -0.3 is 0 Å². The fraction of sp³-hybridized carbons (Fsp3) is 0.158. The molecule has 4 rings (SSSR count). The predicted octanol–water partition coefficient (Wildman–Crippen LogP) is 2.69. The van der Waals surface area contributed by atoms with E-state index in [2.05, 4.69) is 59.6 Å². The molecule has 1 aromatic heterocycles. The molecule has 1 unspecified atom stereocenters. The molecule has 1 aliphatic rings. The maximum absolute atomic E-state index is 4.74. The van der Waals surface area contributed by atoms with Gasteiger partial charge in [-0.25, -0.2) is 9.97 Å². The number of benzene rings is 2. The summed E-state index contributed by atoms with van der Waals surface area (Å²) in [5, 5.41) is 3.79. The van der Waals surface area contributed by atoms with Crippen LogP contribution in [-0.2, 0) is 0 Å². The number of fused-ring (bicyclic) bond motifs is 2. The highest BCUT2D eigenvalue weighted by Crippen LogP contribution is 2.27. The molecule has 0 aliphatic heterocycles. The Morgan fingerprint density at radius 2 is 1.67 bits per heavy atom. The number of rotatable bonds is 1. The van der Waals surface area contributed by atoms with E-state index < -0.39 is 0 Å². The van der Waals surface area contributed by atoms with E-state index in [1.165, 1.54) is 10.4 Å². The Morgan fingerprint density at radius 3 is 2.57 bits per heavy atom. The number of para-hydroxylation sites is 1. The van der Waals surface area contributed by atoms with Crippen molar-refractivity contribution >= 4 is 23.1 Å². The Balaban J connectivity index is 1.94. The molecule has 0 amide bonds. The van der Waals surface area contributed by atoms with Crippen LogP contribution in [0.2, 0.25) is 0 Å². The van der Waals surface area contributed by atoms with Gasteiger partial charge in [0, 0.05) is 11.3 Å². The summed E-state index contributed by atoms with van der Waals surface area (Å²) in [6.07, 6.45) is 5.65. The fourth-order valence-corrected chi connectivity index (χ4v) is 3.08. The number of nitrogens with zero attached hydrogens (tertiary/aromatic N) is 2. The number of hydrogen-bond donors (Lipinski definition) is 0. The lowest BCUT2D eigenvalue weighted by atomic mass is 9.92. The van der Waals surface area contributed by atoms with Gasteiger partial charge in [0.15, 0.2) is 0 Å². The van der Waals surface area contributed by atoms with Gasteiger partial charge in [0.25, 0.3) is 0 Å². The second-order valence-electron chi connectivity index (χ2n) is 5.52. The van der Waals surface area contributed by atoms with Gasteiger partial charge in [-0.05, 0) is 29.8 Å². The first-order chi connectivity index (χ1) is 10.3. The summed E-state index contributed by atoms with van der Waals surface area (Å²) in [5.74, 6) is 1.17. The lowest BCUT2D eigenvalue weighted by Crippen LogP contribution is -2.28. The van der Waals surface area contributed by atoms with Gasteiger partial charge in [0.05, 0.1) is 11.2 Å². The highest BCUT2D eigenvalue weighted by atomic mass is 14.9. The van der Waals surface area contributed by atoms with Gasteiger partial charge in [-0.1, -0.05) is 54.6 Å². The van der Waals surface area contributed by atoms with Crippen molar-refractivity contribution in [1.29, 1.82) is 0 Å². The molecule has 2 aromatic carbocycles. The lowest BCUT2D eigenvalue weighted by Gasteiger charge is -2.16. The summed E-state index contributed by atoms with van der Waals surface area (Å²) in [4.78, 5) is 9.28. The molecule has 0 spiro atoms. The Morgan fingerprint density at radius 1 is 0.905 bits per heavy atom. The SMILES string of the molecule is Cc1nc(C2C=c3ccccc3=CC2)c2ccccc2n1. The van der Waals surface area contributed by atoms with E-state index in [4.69, 9.17) is 4.98 Å². The number of hydrogen-bond acceptors (Lipinski definition) is 2.